The smallest absolute Gasteiger partial charge is 0.256 e. The van der Waals surface area contributed by atoms with Crippen molar-refractivity contribution in [2.45, 2.75) is 13.3 Å². The Labute approximate surface area is 99.5 Å². The molecule has 0 spiro atoms. The molecule has 4 heteroatoms. The molecule has 0 aliphatic heterocycles. The minimum absolute atomic E-state index is 0.193. The van der Waals surface area contributed by atoms with Crippen molar-refractivity contribution >= 4 is 0 Å². The lowest BCUT2D eigenvalue weighted by molar-refractivity contribution is 0.453. The van der Waals surface area contributed by atoms with Gasteiger partial charge >= 0.3 is 0 Å². The van der Waals surface area contributed by atoms with E-state index in [1.165, 1.54) is 12.4 Å². The van der Waals surface area contributed by atoms with E-state index in [9.17, 15) is 0 Å². The van der Waals surface area contributed by atoms with Gasteiger partial charge in [0, 0.05) is 12.4 Å². The SMILES string of the molecule is CCc1ccccc1Oc1nccnc1C#N. The molecular formula is C13H11N3O. The largest absolute Gasteiger partial charge is 0.436 e. The number of benzene rings is 1. The van der Waals surface area contributed by atoms with E-state index in [2.05, 4.69) is 9.97 Å². The van der Waals surface area contributed by atoms with E-state index in [-0.39, 0.29) is 11.6 Å². The van der Waals surface area contributed by atoms with Crippen molar-refractivity contribution < 1.29 is 4.74 Å². The van der Waals surface area contributed by atoms with E-state index in [0.717, 1.165) is 12.0 Å². The fraction of sp³-hybridized carbons (Fsp3) is 0.154. The number of aryl methyl sites for hydroxylation is 1. The molecular weight excluding hydrogens is 214 g/mol. The summed E-state index contributed by atoms with van der Waals surface area (Å²) in [6.45, 7) is 2.05. The Bertz CT molecular complexity index is 561. The lowest BCUT2D eigenvalue weighted by Crippen LogP contribution is -1.96. The summed E-state index contributed by atoms with van der Waals surface area (Å²) in [5.74, 6) is 0.961. The fourth-order valence-corrected chi connectivity index (χ4v) is 1.48. The molecule has 0 aliphatic rings. The Morgan fingerprint density at radius 2 is 2.00 bits per heavy atom. The highest BCUT2D eigenvalue weighted by atomic mass is 16.5. The number of nitrogens with zero attached hydrogens (tertiary/aromatic N) is 3. The van der Waals surface area contributed by atoms with Gasteiger partial charge in [0.1, 0.15) is 11.8 Å². The first kappa shape index (κ1) is 11.1. The highest BCUT2D eigenvalue weighted by molar-refractivity contribution is 5.39. The summed E-state index contributed by atoms with van der Waals surface area (Å²) in [6, 6.07) is 9.63. The number of ether oxygens (including phenoxy) is 1. The third-order valence-electron chi connectivity index (χ3n) is 2.33. The van der Waals surface area contributed by atoms with E-state index in [4.69, 9.17) is 10.00 Å². The number of para-hydroxylation sites is 1. The molecule has 17 heavy (non-hydrogen) atoms. The van der Waals surface area contributed by atoms with Crippen molar-refractivity contribution in [1.29, 1.82) is 5.26 Å². The monoisotopic (exact) mass is 225 g/mol. The molecule has 0 unspecified atom stereocenters. The zero-order valence-electron chi connectivity index (χ0n) is 9.42. The van der Waals surface area contributed by atoms with E-state index < -0.39 is 0 Å². The quantitative estimate of drug-likeness (QED) is 0.805. The molecule has 0 radical (unpaired) electrons. The summed E-state index contributed by atoms with van der Waals surface area (Å²) < 4.78 is 5.63. The van der Waals surface area contributed by atoms with Gasteiger partial charge in [-0.25, -0.2) is 9.97 Å². The van der Waals surface area contributed by atoms with E-state index in [0.29, 0.717) is 5.75 Å². The molecule has 0 saturated carbocycles. The van der Waals surface area contributed by atoms with Crippen LogP contribution in [0.1, 0.15) is 18.2 Å². The van der Waals surface area contributed by atoms with Crippen molar-refractivity contribution in [1.82, 2.24) is 9.97 Å². The minimum Gasteiger partial charge on any atom is -0.436 e. The number of hydrogen-bond acceptors (Lipinski definition) is 4. The number of aromatic nitrogens is 2. The van der Waals surface area contributed by atoms with Gasteiger partial charge in [-0.2, -0.15) is 5.26 Å². The van der Waals surface area contributed by atoms with E-state index in [1.807, 2.05) is 37.3 Å². The van der Waals surface area contributed by atoms with Crippen molar-refractivity contribution in [3.63, 3.8) is 0 Å². The van der Waals surface area contributed by atoms with Gasteiger partial charge in [-0.3, -0.25) is 0 Å². The van der Waals surface area contributed by atoms with Crippen LogP contribution in [0.2, 0.25) is 0 Å². The highest BCUT2D eigenvalue weighted by Crippen LogP contribution is 2.25. The maximum atomic E-state index is 8.89. The van der Waals surface area contributed by atoms with Crippen molar-refractivity contribution in [2.75, 3.05) is 0 Å². The molecule has 2 rings (SSSR count). The van der Waals surface area contributed by atoms with Gasteiger partial charge in [0.2, 0.25) is 5.69 Å². The summed E-state index contributed by atoms with van der Waals surface area (Å²) in [4.78, 5) is 7.91. The lowest BCUT2D eigenvalue weighted by Gasteiger charge is -2.08. The lowest BCUT2D eigenvalue weighted by atomic mass is 10.1. The van der Waals surface area contributed by atoms with E-state index in [1.54, 1.807) is 0 Å². The predicted molar refractivity (Wildman–Crippen MR) is 62.6 cm³/mol. The molecule has 2 aromatic rings. The molecule has 0 bridgehead atoms. The maximum Gasteiger partial charge on any atom is 0.256 e. The standard InChI is InChI=1S/C13H11N3O/c1-2-10-5-3-4-6-12(10)17-13-11(9-14)15-7-8-16-13/h3-8H,2H2,1H3. The first-order valence-corrected chi connectivity index (χ1v) is 5.32. The predicted octanol–water partition coefficient (Wildman–Crippen LogP) is 2.70. The van der Waals surface area contributed by atoms with Gasteiger partial charge in [-0.05, 0) is 18.1 Å². The van der Waals surface area contributed by atoms with Crippen molar-refractivity contribution in [2.24, 2.45) is 0 Å². The molecule has 4 nitrogen and oxygen atoms in total. The van der Waals surface area contributed by atoms with E-state index >= 15 is 0 Å². The first-order chi connectivity index (χ1) is 8.35. The van der Waals surface area contributed by atoms with Crippen molar-refractivity contribution in [3.05, 3.63) is 47.9 Å². The second-order valence-corrected chi connectivity index (χ2v) is 3.39. The summed E-state index contributed by atoms with van der Waals surface area (Å²) in [6.07, 6.45) is 3.83. The van der Waals surface area contributed by atoms with Gasteiger partial charge in [-0.1, -0.05) is 25.1 Å². The Hall–Kier alpha value is -2.41. The van der Waals surface area contributed by atoms with Gasteiger partial charge in [0.15, 0.2) is 0 Å². The summed E-state index contributed by atoms with van der Waals surface area (Å²) >= 11 is 0. The van der Waals surface area contributed by atoms with Crippen LogP contribution in [-0.2, 0) is 6.42 Å². The van der Waals surface area contributed by atoms with Gasteiger partial charge in [0.25, 0.3) is 5.88 Å². The molecule has 1 heterocycles. The summed E-state index contributed by atoms with van der Waals surface area (Å²) in [5.41, 5.74) is 1.26. The molecule has 0 saturated heterocycles. The van der Waals surface area contributed by atoms with Crippen LogP contribution in [0, 0.1) is 11.3 Å². The van der Waals surface area contributed by atoms with Crippen LogP contribution in [-0.4, -0.2) is 9.97 Å². The van der Waals surface area contributed by atoms with Crippen LogP contribution in [0.5, 0.6) is 11.6 Å². The second kappa shape index (κ2) is 5.08. The van der Waals surface area contributed by atoms with Crippen LogP contribution in [0.25, 0.3) is 0 Å². The second-order valence-electron chi connectivity index (χ2n) is 3.39. The molecule has 1 aromatic heterocycles. The number of hydrogen-bond donors (Lipinski definition) is 0. The average Bonchev–Trinajstić information content (AvgIpc) is 2.40. The third kappa shape index (κ3) is 2.40. The van der Waals surface area contributed by atoms with Crippen LogP contribution in [0.4, 0.5) is 0 Å². The molecule has 0 fully saturated rings. The zero-order valence-corrected chi connectivity index (χ0v) is 9.42. The molecule has 0 atom stereocenters. The molecule has 0 amide bonds. The normalized spacial score (nSPS) is 9.65. The Morgan fingerprint density at radius 3 is 2.76 bits per heavy atom. The first-order valence-electron chi connectivity index (χ1n) is 5.32. The van der Waals surface area contributed by atoms with Crippen LogP contribution in [0.15, 0.2) is 36.7 Å². The summed E-state index contributed by atoms with van der Waals surface area (Å²) in [5, 5.41) is 8.89. The Kier molecular flexibility index (Phi) is 3.31. The van der Waals surface area contributed by atoms with Crippen LogP contribution in [0.3, 0.4) is 0 Å². The van der Waals surface area contributed by atoms with Crippen molar-refractivity contribution in [3.8, 4) is 17.7 Å². The van der Waals surface area contributed by atoms with Gasteiger partial charge in [-0.15, -0.1) is 0 Å². The maximum absolute atomic E-state index is 8.89. The molecule has 0 N–H and O–H groups in total. The number of rotatable bonds is 3. The van der Waals surface area contributed by atoms with Crippen LogP contribution >= 0.6 is 0 Å². The number of nitriles is 1. The summed E-state index contributed by atoms with van der Waals surface area (Å²) in [7, 11) is 0. The Balaban J connectivity index is 2.35. The Morgan fingerprint density at radius 1 is 1.24 bits per heavy atom. The topological polar surface area (TPSA) is 58.8 Å². The van der Waals surface area contributed by atoms with Gasteiger partial charge in [0.05, 0.1) is 0 Å². The minimum atomic E-state index is 0.193. The average molecular weight is 225 g/mol. The highest BCUT2D eigenvalue weighted by Gasteiger charge is 2.08. The van der Waals surface area contributed by atoms with Gasteiger partial charge < -0.3 is 4.74 Å². The fourth-order valence-electron chi connectivity index (χ4n) is 1.48. The van der Waals surface area contributed by atoms with Crippen LogP contribution < -0.4 is 4.74 Å². The third-order valence-corrected chi connectivity index (χ3v) is 2.33. The molecule has 0 aliphatic carbocycles. The molecule has 1 aromatic carbocycles. The molecule has 84 valence electrons. The zero-order chi connectivity index (χ0) is 12.1.